The van der Waals surface area contributed by atoms with Crippen LogP contribution in [0.1, 0.15) is 26.4 Å². The molecule has 5 nitrogen and oxygen atoms in total. The zero-order valence-corrected chi connectivity index (χ0v) is 15.2. The minimum Gasteiger partial charge on any atom is -0.352 e. The molecule has 0 radical (unpaired) electrons. The molecule has 3 aromatic rings. The normalized spacial score (nSPS) is 10.3. The summed E-state index contributed by atoms with van der Waals surface area (Å²) in [7, 11) is 0. The first-order valence-corrected chi connectivity index (χ1v) is 8.85. The van der Waals surface area contributed by atoms with Gasteiger partial charge in [0.1, 0.15) is 5.69 Å². The lowest BCUT2D eigenvalue weighted by atomic mass is 10.1. The maximum Gasteiger partial charge on any atom is 0.274 e. The van der Waals surface area contributed by atoms with Crippen LogP contribution in [0.3, 0.4) is 0 Å². The Morgan fingerprint density at radius 2 is 1.67 bits per heavy atom. The van der Waals surface area contributed by atoms with Gasteiger partial charge in [0, 0.05) is 29.0 Å². The van der Waals surface area contributed by atoms with Gasteiger partial charge in [0.15, 0.2) is 0 Å². The highest BCUT2D eigenvalue weighted by atomic mass is 35.5. The molecule has 6 heteroatoms. The number of anilines is 1. The number of halogens is 1. The topological polar surface area (TPSA) is 71.1 Å². The van der Waals surface area contributed by atoms with E-state index in [2.05, 4.69) is 15.6 Å². The number of para-hydroxylation sites is 1. The molecule has 0 aliphatic rings. The lowest BCUT2D eigenvalue weighted by Gasteiger charge is -2.08. The van der Waals surface area contributed by atoms with Crippen molar-refractivity contribution in [2.24, 2.45) is 0 Å². The molecule has 2 aromatic carbocycles. The summed E-state index contributed by atoms with van der Waals surface area (Å²) in [5.41, 5.74) is 2.32. The molecule has 0 spiro atoms. The van der Waals surface area contributed by atoms with Crippen LogP contribution in [0.2, 0.25) is 5.02 Å². The van der Waals surface area contributed by atoms with Crippen LogP contribution >= 0.6 is 11.6 Å². The summed E-state index contributed by atoms with van der Waals surface area (Å²) in [4.78, 5) is 28.7. The molecule has 3 rings (SSSR count). The third-order valence-corrected chi connectivity index (χ3v) is 4.15. The van der Waals surface area contributed by atoms with Crippen LogP contribution in [0.4, 0.5) is 5.69 Å². The summed E-state index contributed by atoms with van der Waals surface area (Å²) in [5, 5.41) is 6.28. The molecule has 136 valence electrons. The number of hydrogen-bond acceptors (Lipinski definition) is 3. The van der Waals surface area contributed by atoms with Gasteiger partial charge in [0.2, 0.25) is 0 Å². The van der Waals surface area contributed by atoms with Crippen LogP contribution in [0.25, 0.3) is 0 Å². The van der Waals surface area contributed by atoms with Gasteiger partial charge in [-0.05, 0) is 48.4 Å². The lowest BCUT2D eigenvalue weighted by molar-refractivity contribution is 0.0954. The second kappa shape index (κ2) is 8.96. The predicted molar refractivity (Wildman–Crippen MR) is 106 cm³/mol. The average Bonchev–Trinajstić information content (AvgIpc) is 2.70. The van der Waals surface area contributed by atoms with Gasteiger partial charge in [0.25, 0.3) is 11.8 Å². The van der Waals surface area contributed by atoms with Gasteiger partial charge >= 0.3 is 0 Å². The van der Waals surface area contributed by atoms with Crippen molar-refractivity contribution in [1.29, 1.82) is 0 Å². The van der Waals surface area contributed by atoms with Gasteiger partial charge < -0.3 is 10.6 Å². The van der Waals surface area contributed by atoms with E-state index < -0.39 is 0 Å². The fourth-order valence-electron chi connectivity index (χ4n) is 2.49. The molecular weight excluding hydrogens is 362 g/mol. The Morgan fingerprint density at radius 1 is 0.926 bits per heavy atom. The Labute approximate surface area is 162 Å². The zero-order chi connectivity index (χ0) is 19.1. The lowest BCUT2D eigenvalue weighted by Crippen LogP contribution is -2.26. The van der Waals surface area contributed by atoms with Gasteiger partial charge in [0.05, 0.1) is 0 Å². The van der Waals surface area contributed by atoms with E-state index in [1.165, 1.54) is 12.3 Å². The van der Waals surface area contributed by atoms with Gasteiger partial charge in [-0.15, -0.1) is 0 Å². The van der Waals surface area contributed by atoms with Crippen molar-refractivity contribution < 1.29 is 9.59 Å². The van der Waals surface area contributed by atoms with E-state index in [4.69, 9.17) is 11.6 Å². The number of nitrogens with one attached hydrogen (secondary N) is 2. The summed E-state index contributed by atoms with van der Waals surface area (Å²) in [6.07, 6.45) is 2.14. The summed E-state index contributed by atoms with van der Waals surface area (Å²) in [5.74, 6) is -0.614. The highest BCUT2D eigenvalue weighted by molar-refractivity contribution is 6.30. The van der Waals surface area contributed by atoms with Crippen molar-refractivity contribution >= 4 is 29.1 Å². The number of rotatable bonds is 6. The number of hydrogen-bond donors (Lipinski definition) is 2. The summed E-state index contributed by atoms with van der Waals surface area (Å²) >= 11 is 5.86. The number of benzene rings is 2. The van der Waals surface area contributed by atoms with Crippen LogP contribution in [-0.4, -0.2) is 23.3 Å². The van der Waals surface area contributed by atoms with E-state index >= 15 is 0 Å². The number of amides is 2. The van der Waals surface area contributed by atoms with Crippen molar-refractivity contribution in [3.63, 3.8) is 0 Å². The Morgan fingerprint density at radius 3 is 2.41 bits per heavy atom. The average molecular weight is 380 g/mol. The molecule has 27 heavy (non-hydrogen) atoms. The molecule has 1 aromatic heterocycles. The number of pyridine rings is 1. The molecule has 0 saturated carbocycles. The van der Waals surface area contributed by atoms with Crippen molar-refractivity contribution in [2.75, 3.05) is 11.9 Å². The highest BCUT2D eigenvalue weighted by Gasteiger charge is 2.12. The largest absolute Gasteiger partial charge is 0.352 e. The summed E-state index contributed by atoms with van der Waals surface area (Å²) in [6, 6.07) is 19.6. The second-order valence-corrected chi connectivity index (χ2v) is 6.32. The maximum absolute atomic E-state index is 12.3. The molecule has 1 heterocycles. The van der Waals surface area contributed by atoms with Gasteiger partial charge in [-0.2, -0.15) is 0 Å². The molecule has 0 fully saturated rings. The molecule has 2 amide bonds. The fraction of sp³-hybridized carbons (Fsp3) is 0.0952. The number of carbonyl (C=O) groups excluding carboxylic acids is 2. The molecular formula is C21H18ClN3O2. The minimum absolute atomic E-state index is 0.184. The van der Waals surface area contributed by atoms with E-state index in [1.807, 2.05) is 42.5 Å². The third kappa shape index (κ3) is 5.39. The van der Waals surface area contributed by atoms with Crippen LogP contribution in [0, 0.1) is 0 Å². The third-order valence-electron chi connectivity index (χ3n) is 3.90. The van der Waals surface area contributed by atoms with Crippen molar-refractivity contribution in [3.8, 4) is 0 Å². The van der Waals surface area contributed by atoms with Gasteiger partial charge in [-0.25, -0.2) is 0 Å². The van der Waals surface area contributed by atoms with Gasteiger partial charge in [-0.3, -0.25) is 14.6 Å². The Bertz CT molecular complexity index is 928. The zero-order valence-electron chi connectivity index (χ0n) is 14.5. The summed E-state index contributed by atoms with van der Waals surface area (Å²) < 4.78 is 0. The maximum atomic E-state index is 12.3. The first-order chi connectivity index (χ1) is 13.1. The molecule has 0 aliphatic heterocycles. The number of carbonyl (C=O) groups is 2. The molecule has 0 unspecified atom stereocenters. The first-order valence-electron chi connectivity index (χ1n) is 8.47. The van der Waals surface area contributed by atoms with E-state index in [0.29, 0.717) is 29.2 Å². The Kier molecular flexibility index (Phi) is 6.18. The summed E-state index contributed by atoms with van der Waals surface area (Å²) in [6.45, 7) is 0.480. The van der Waals surface area contributed by atoms with E-state index in [1.54, 1.807) is 18.2 Å². The van der Waals surface area contributed by atoms with Crippen LogP contribution in [-0.2, 0) is 6.42 Å². The minimum atomic E-state index is -0.364. The predicted octanol–water partition coefficient (Wildman–Crippen LogP) is 3.96. The van der Waals surface area contributed by atoms with Crippen molar-refractivity contribution in [3.05, 3.63) is 94.8 Å². The first kappa shape index (κ1) is 18.6. The standard InChI is InChI=1S/C21H18ClN3O2/c22-17-8-6-15(7-9-17)10-12-24-20(26)16-11-13-23-19(14-16)21(27)25-18-4-2-1-3-5-18/h1-9,11,13-14H,10,12H2,(H,24,26)(H,25,27). The fourth-order valence-corrected chi connectivity index (χ4v) is 2.61. The van der Waals surface area contributed by atoms with E-state index in [9.17, 15) is 9.59 Å². The van der Waals surface area contributed by atoms with Crippen LogP contribution < -0.4 is 10.6 Å². The molecule has 0 atom stereocenters. The molecule has 0 aliphatic carbocycles. The monoisotopic (exact) mass is 379 g/mol. The van der Waals surface area contributed by atoms with E-state index in [-0.39, 0.29) is 17.5 Å². The number of nitrogens with zero attached hydrogens (tertiary/aromatic N) is 1. The van der Waals surface area contributed by atoms with Gasteiger partial charge in [-0.1, -0.05) is 41.9 Å². The van der Waals surface area contributed by atoms with Crippen LogP contribution in [0.15, 0.2) is 72.9 Å². The highest BCUT2D eigenvalue weighted by Crippen LogP contribution is 2.10. The Balaban J connectivity index is 1.58. The van der Waals surface area contributed by atoms with Crippen molar-refractivity contribution in [1.82, 2.24) is 10.3 Å². The quantitative estimate of drug-likeness (QED) is 0.681. The number of aromatic nitrogens is 1. The van der Waals surface area contributed by atoms with Crippen molar-refractivity contribution in [2.45, 2.75) is 6.42 Å². The van der Waals surface area contributed by atoms with E-state index in [0.717, 1.165) is 5.56 Å². The van der Waals surface area contributed by atoms with Crippen LogP contribution in [0.5, 0.6) is 0 Å². The molecule has 0 bridgehead atoms. The second-order valence-electron chi connectivity index (χ2n) is 5.88. The smallest absolute Gasteiger partial charge is 0.274 e. The molecule has 0 saturated heterocycles. The Hall–Kier alpha value is -3.18. The molecule has 2 N–H and O–H groups in total. The SMILES string of the molecule is O=C(NCCc1ccc(Cl)cc1)c1ccnc(C(=O)Nc2ccccc2)c1.